The van der Waals surface area contributed by atoms with Crippen LogP contribution in [0.4, 0.5) is 23.8 Å². The van der Waals surface area contributed by atoms with Gasteiger partial charge < -0.3 is 4.74 Å². The molecule has 1 N–H and O–H groups in total. The fourth-order valence-corrected chi connectivity index (χ4v) is 2.63. The minimum Gasteiger partial charge on any atom is -0.450 e. The predicted molar refractivity (Wildman–Crippen MR) is 97.5 cm³/mol. The summed E-state index contributed by atoms with van der Waals surface area (Å²) in [4.78, 5) is 15.6. The zero-order valence-electron chi connectivity index (χ0n) is 14.9. The maximum atomic E-state index is 13.3. The summed E-state index contributed by atoms with van der Waals surface area (Å²) >= 11 is 0. The molecule has 3 aromatic rings. The lowest BCUT2D eigenvalue weighted by atomic mass is 10.0. The highest BCUT2D eigenvalue weighted by molar-refractivity contribution is 5.86. The Hall–Kier alpha value is -3.36. The van der Waals surface area contributed by atoms with E-state index in [1.165, 1.54) is 36.7 Å². The van der Waals surface area contributed by atoms with E-state index in [2.05, 4.69) is 15.4 Å². The highest BCUT2D eigenvalue weighted by atomic mass is 19.3. The number of benzene rings is 1. The van der Waals surface area contributed by atoms with Crippen molar-refractivity contribution in [2.45, 2.75) is 19.9 Å². The van der Waals surface area contributed by atoms with Gasteiger partial charge in [0.15, 0.2) is 0 Å². The van der Waals surface area contributed by atoms with Crippen LogP contribution < -0.4 is 5.32 Å². The van der Waals surface area contributed by atoms with Crippen molar-refractivity contribution >= 4 is 11.9 Å². The van der Waals surface area contributed by atoms with Crippen LogP contribution >= 0.6 is 0 Å². The minimum atomic E-state index is -2.58. The van der Waals surface area contributed by atoms with Gasteiger partial charge in [-0.15, -0.1) is 0 Å². The van der Waals surface area contributed by atoms with Gasteiger partial charge in [0.1, 0.15) is 23.9 Å². The first-order valence-electron chi connectivity index (χ1n) is 8.48. The smallest absolute Gasteiger partial charge is 0.412 e. The van der Waals surface area contributed by atoms with Crippen LogP contribution in [-0.4, -0.2) is 33.9 Å². The summed E-state index contributed by atoms with van der Waals surface area (Å²) in [7, 11) is 0. The van der Waals surface area contributed by atoms with Crippen molar-refractivity contribution in [3.05, 3.63) is 54.6 Å². The first-order chi connectivity index (χ1) is 13.5. The fraction of sp³-hybridized carbons (Fsp3) is 0.211. The summed E-state index contributed by atoms with van der Waals surface area (Å²) in [6, 6.07) is 8.82. The minimum absolute atomic E-state index is 0.209. The average molecular weight is 390 g/mol. The molecule has 0 aliphatic rings. The maximum absolute atomic E-state index is 13.3. The van der Waals surface area contributed by atoms with Gasteiger partial charge in [0, 0.05) is 23.5 Å². The Morgan fingerprint density at radius 2 is 1.96 bits per heavy atom. The number of pyridine rings is 1. The van der Waals surface area contributed by atoms with Crippen molar-refractivity contribution in [2.24, 2.45) is 0 Å². The van der Waals surface area contributed by atoms with Gasteiger partial charge in [0.05, 0.1) is 6.61 Å². The van der Waals surface area contributed by atoms with Crippen molar-refractivity contribution in [1.82, 2.24) is 14.8 Å². The van der Waals surface area contributed by atoms with E-state index < -0.39 is 24.9 Å². The number of alkyl halides is 2. The molecule has 0 aliphatic heterocycles. The van der Waals surface area contributed by atoms with Crippen molar-refractivity contribution in [3.63, 3.8) is 0 Å². The van der Waals surface area contributed by atoms with Gasteiger partial charge >= 0.3 is 6.09 Å². The molecule has 2 aromatic heterocycles. The van der Waals surface area contributed by atoms with E-state index in [0.717, 1.165) is 4.68 Å². The molecule has 0 atom stereocenters. The van der Waals surface area contributed by atoms with Gasteiger partial charge in [-0.2, -0.15) is 5.10 Å². The molecule has 1 amide bonds. The number of anilines is 1. The third kappa shape index (κ3) is 4.67. The Morgan fingerprint density at radius 1 is 1.21 bits per heavy atom. The number of carbonyl (C=O) groups excluding carboxylic acids is 1. The predicted octanol–water partition coefficient (Wildman–Crippen LogP) is 4.58. The lowest BCUT2D eigenvalue weighted by Crippen LogP contribution is -2.14. The number of hydrogen-bond acceptors (Lipinski definition) is 4. The SMILES string of the molecule is CCOC(=O)Nc1cc(-c2cn(CC(F)F)nc2-c2ccc(F)cc2)ccn1. The molecule has 6 nitrogen and oxygen atoms in total. The molecule has 0 aliphatic carbocycles. The summed E-state index contributed by atoms with van der Waals surface area (Å²) < 4.78 is 44.8. The molecule has 0 spiro atoms. The van der Waals surface area contributed by atoms with Gasteiger partial charge in [0.2, 0.25) is 0 Å². The Balaban J connectivity index is 2.01. The summed E-state index contributed by atoms with van der Waals surface area (Å²) in [6.07, 6.45) is -0.281. The number of hydrogen-bond donors (Lipinski definition) is 1. The molecule has 146 valence electrons. The number of aromatic nitrogens is 3. The number of rotatable bonds is 6. The Labute approximate surface area is 159 Å². The maximum Gasteiger partial charge on any atom is 0.412 e. The van der Waals surface area contributed by atoms with Gasteiger partial charge in [0.25, 0.3) is 6.43 Å². The molecule has 1 aromatic carbocycles. The number of ether oxygens (including phenoxy) is 1. The van der Waals surface area contributed by atoms with Crippen LogP contribution in [-0.2, 0) is 11.3 Å². The van der Waals surface area contributed by atoms with Crippen LogP contribution in [0.15, 0.2) is 48.8 Å². The summed E-state index contributed by atoms with van der Waals surface area (Å²) in [5, 5.41) is 6.72. The fourth-order valence-electron chi connectivity index (χ4n) is 2.63. The van der Waals surface area contributed by atoms with Crippen LogP contribution in [0.2, 0.25) is 0 Å². The molecule has 2 heterocycles. The van der Waals surface area contributed by atoms with E-state index in [4.69, 9.17) is 4.74 Å². The third-order valence-corrected chi connectivity index (χ3v) is 3.78. The molecule has 0 saturated carbocycles. The average Bonchev–Trinajstić information content (AvgIpc) is 3.06. The molecular weight excluding hydrogens is 373 g/mol. The van der Waals surface area contributed by atoms with Crippen molar-refractivity contribution in [1.29, 1.82) is 0 Å². The van der Waals surface area contributed by atoms with E-state index in [0.29, 0.717) is 22.4 Å². The van der Waals surface area contributed by atoms with E-state index in [1.807, 2.05) is 0 Å². The van der Waals surface area contributed by atoms with E-state index in [9.17, 15) is 18.0 Å². The summed E-state index contributed by atoms with van der Waals surface area (Å²) in [5.74, 6) is -0.176. The zero-order chi connectivity index (χ0) is 20.1. The third-order valence-electron chi connectivity index (χ3n) is 3.78. The van der Waals surface area contributed by atoms with Crippen molar-refractivity contribution < 1.29 is 22.7 Å². The van der Waals surface area contributed by atoms with Crippen LogP contribution in [0.1, 0.15) is 6.92 Å². The number of nitrogens with one attached hydrogen (secondary N) is 1. The number of nitrogens with zero attached hydrogens (tertiary/aromatic N) is 3. The first kappa shape index (κ1) is 19.4. The molecule has 0 unspecified atom stereocenters. The Morgan fingerprint density at radius 3 is 2.64 bits per heavy atom. The number of halogens is 3. The van der Waals surface area contributed by atoms with Gasteiger partial charge in [-0.05, 0) is 48.9 Å². The first-order valence-corrected chi connectivity index (χ1v) is 8.48. The quantitative estimate of drug-likeness (QED) is 0.669. The van der Waals surface area contributed by atoms with Crippen LogP contribution in [0.5, 0.6) is 0 Å². The highest BCUT2D eigenvalue weighted by Gasteiger charge is 2.16. The van der Waals surface area contributed by atoms with Crippen LogP contribution in [0, 0.1) is 5.82 Å². The lowest BCUT2D eigenvalue weighted by molar-refractivity contribution is 0.122. The lowest BCUT2D eigenvalue weighted by Gasteiger charge is -2.07. The van der Waals surface area contributed by atoms with Gasteiger partial charge in [-0.25, -0.2) is 22.9 Å². The monoisotopic (exact) mass is 390 g/mol. The molecule has 0 saturated heterocycles. The van der Waals surface area contributed by atoms with Gasteiger partial charge in [-0.1, -0.05) is 0 Å². The molecule has 9 heteroatoms. The van der Waals surface area contributed by atoms with Crippen molar-refractivity contribution in [2.75, 3.05) is 11.9 Å². The zero-order valence-corrected chi connectivity index (χ0v) is 14.9. The molecule has 0 fully saturated rings. The van der Waals surface area contributed by atoms with Crippen LogP contribution in [0.3, 0.4) is 0 Å². The van der Waals surface area contributed by atoms with Crippen LogP contribution in [0.25, 0.3) is 22.4 Å². The molecule has 0 radical (unpaired) electrons. The van der Waals surface area contributed by atoms with Crippen molar-refractivity contribution in [3.8, 4) is 22.4 Å². The highest BCUT2D eigenvalue weighted by Crippen LogP contribution is 2.32. The standard InChI is InChI=1S/C19H17F3N4O2/c1-2-28-19(27)24-17-9-13(7-8-23-17)15-10-26(11-16(21)22)25-18(15)12-3-5-14(20)6-4-12/h3-10,16H,2,11H2,1H3,(H,23,24,27). The van der Waals surface area contributed by atoms with E-state index in [-0.39, 0.29) is 12.4 Å². The Kier molecular flexibility index (Phi) is 5.93. The molecule has 3 rings (SSSR count). The normalized spacial score (nSPS) is 10.9. The second kappa shape index (κ2) is 8.55. The molecule has 0 bridgehead atoms. The van der Waals surface area contributed by atoms with E-state index >= 15 is 0 Å². The number of amides is 1. The summed E-state index contributed by atoms with van der Waals surface area (Å²) in [6.45, 7) is 1.31. The second-order valence-corrected chi connectivity index (χ2v) is 5.79. The number of carbonyl (C=O) groups is 1. The summed E-state index contributed by atoms with van der Waals surface area (Å²) in [5.41, 5.74) is 2.12. The van der Waals surface area contributed by atoms with E-state index in [1.54, 1.807) is 19.1 Å². The second-order valence-electron chi connectivity index (χ2n) is 5.79. The largest absolute Gasteiger partial charge is 0.450 e. The molecule has 28 heavy (non-hydrogen) atoms. The topological polar surface area (TPSA) is 69.0 Å². The van der Waals surface area contributed by atoms with Gasteiger partial charge in [-0.3, -0.25) is 10.00 Å². The molecular formula is C19H17F3N4O2. The Bertz CT molecular complexity index is 958.